The van der Waals surface area contributed by atoms with Crippen molar-refractivity contribution in [2.45, 2.75) is 0 Å². The van der Waals surface area contributed by atoms with Crippen LogP contribution < -0.4 is 10.6 Å². The minimum absolute atomic E-state index is 0.567. The second-order valence-corrected chi connectivity index (χ2v) is 8.15. The van der Waals surface area contributed by atoms with Gasteiger partial charge < -0.3 is 15.1 Å². The molecule has 4 aromatic heterocycles. The van der Waals surface area contributed by atoms with Crippen molar-refractivity contribution >= 4 is 77.1 Å². The number of thiazole rings is 2. The zero-order valence-corrected chi connectivity index (χ0v) is 16.4. The first-order chi connectivity index (χ1) is 14.3. The molecule has 6 rings (SSSR count). The summed E-state index contributed by atoms with van der Waals surface area (Å²) < 4.78 is 7.93. The summed E-state index contributed by atoms with van der Waals surface area (Å²) in [6.45, 7) is 0. The predicted octanol–water partition coefficient (Wildman–Crippen LogP) is 5.93. The molecule has 29 heavy (non-hydrogen) atoms. The third kappa shape index (κ3) is 2.87. The third-order valence-corrected chi connectivity index (χ3v) is 6.16. The standard InChI is InChI=1S/C20H12N6OS2/c1-3-14-16(28-9-21-14)7-11(1)23-19-13-5-6-27-18(13)20(26-25-19)24-12-2-4-15-17(8-12)29-10-22-15/h1-10H,(H,23,25)(H,24,26). The average molecular weight is 416 g/mol. The van der Waals surface area contributed by atoms with E-state index in [2.05, 4.69) is 36.9 Å². The number of hydrogen-bond acceptors (Lipinski definition) is 9. The van der Waals surface area contributed by atoms with Crippen LogP contribution in [0, 0.1) is 0 Å². The van der Waals surface area contributed by atoms with Crippen molar-refractivity contribution in [3.05, 3.63) is 59.7 Å². The average Bonchev–Trinajstić information content (AvgIpc) is 3.49. The summed E-state index contributed by atoms with van der Waals surface area (Å²) in [6.07, 6.45) is 1.64. The van der Waals surface area contributed by atoms with Crippen molar-refractivity contribution < 1.29 is 4.42 Å². The van der Waals surface area contributed by atoms with Gasteiger partial charge in [0.1, 0.15) is 0 Å². The number of anilines is 4. The van der Waals surface area contributed by atoms with Crippen molar-refractivity contribution in [2.75, 3.05) is 10.6 Å². The zero-order chi connectivity index (χ0) is 19.2. The van der Waals surface area contributed by atoms with Gasteiger partial charge in [0.15, 0.2) is 17.2 Å². The van der Waals surface area contributed by atoms with Crippen LogP contribution in [0.5, 0.6) is 0 Å². The molecule has 0 atom stereocenters. The largest absolute Gasteiger partial charge is 0.460 e. The molecule has 2 aromatic carbocycles. The molecule has 7 nitrogen and oxygen atoms in total. The Kier molecular flexibility index (Phi) is 3.68. The van der Waals surface area contributed by atoms with E-state index in [1.807, 2.05) is 47.4 Å². The van der Waals surface area contributed by atoms with Crippen molar-refractivity contribution in [1.82, 2.24) is 20.2 Å². The maximum atomic E-state index is 5.71. The molecule has 4 heterocycles. The van der Waals surface area contributed by atoms with Gasteiger partial charge in [-0.25, -0.2) is 9.97 Å². The minimum atomic E-state index is 0.567. The van der Waals surface area contributed by atoms with E-state index in [1.165, 1.54) is 0 Å². The van der Waals surface area contributed by atoms with Crippen LogP contribution in [0.3, 0.4) is 0 Å². The Morgan fingerprint density at radius 1 is 0.724 bits per heavy atom. The molecular weight excluding hydrogens is 404 g/mol. The fourth-order valence-corrected chi connectivity index (χ4v) is 4.62. The van der Waals surface area contributed by atoms with Gasteiger partial charge in [-0.15, -0.1) is 32.9 Å². The maximum absolute atomic E-state index is 5.71. The van der Waals surface area contributed by atoms with E-state index < -0.39 is 0 Å². The highest BCUT2D eigenvalue weighted by Crippen LogP contribution is 2.32. The van der Waals surface area contributed by atoms with Gasteiger partial charge >= 0.3 is 0 Å². The van der Waals surface area contributed by atoms with Crippen LogP contribution in [0.2, 0.25) is 0 Å². The van der Waals surface area contributed by atoms with Gasteiger partial charge in [0.05, 0.1) is 43.1 Å². The molecular formula is C20H12N6OS2. The van der Waals surface area contributed by atoms with Gasteiger partial charge in [-0.2, -0.15) is 0 Å². The van der Waals surface area contributed by atoms with Crippen molar-refractivity contribution in [1.29, 1.82) is 0 Å². The normalized spacial score (nSPS) is 11.4. The topological polar surface area (TPSA) is 88.8 Å². The Hall–Kier alpha value is -3.56. The second kappa shape index (κ2) is 6.50. The lowest BCUT2D eigenvalue weighted by Crippen LogP contribution is -2.00. The summed E-state index contributed by atoms with van der Waals surface area (Å²) in [4.78, 5) is 8.62. The molecule has 9 heteroatoms. The van der Waals surface area contributed by atoms with Crippen LogP contribution in [0.25, 0.3) is 31.4 Å². The molecule has 0 fully saturated rings. The number of benzene rings is 2. The monoisotopic (exact) mass is 416 g/mol. The number of fused-ring (bicyclic) bond motifs is 3. The molecule has 0 unspecified atom stereocenters. The van der Waals surface area contributed by atoms with E-state index >= 15 is 0 Å². The highest BCUT2D eigenvalue weighted by atomic mass is 32.1. The molecule has 0 aliphatic heterocycles. The highest BCUT2D eigenvalue weighted by Gasteiger charge is 2.14. The Balaban J connectivity index is 1.35. The van der Waals surface area contributed by atoms with E-state index in [9.17, 15) is 0 Å². The number of hydrogen-bond donors (Lipinski definition) is 2. The van der Waals surface area contributed by atoms with Gasteiger partial charge in [0.2, 0.25) is 0 Å². The lowest BCUT2D eigenvalue weighted by Gasteiger charge is -2.09. The lowest BCUT2D eigenvalue weighted by atomic mass is 10.2. The van der Waals surface area contributed by atoms with Crippen LogP contribution >= 0.6 is 22.7 Å². The number of aromatic nitrogens is 4. The van der Waals surface area contributed by atoms with E-state index in [0.717, 1.165) is 37.2 Å². The maximum Gasteiger partial charge on any atom is 0.197 e. The molecule has 0 saturated carbocycles. The van der Waals surface area contributed by atoms with Gasteiger partial charge in [-0.1, -0.05) is 0 Å². The molecule has 0 aliphatic carbocycles. The Morgan fingerprint density at radius 2 is 1.34 bits per heavy atom. The Labute approximate surface area is 172 Å². The van der Waals surface area contributed by atoms with Crippen molar-refractivity contribution in [3.8, 4) is 0 Å². The molecule has 6 aromatic rings. The van der Waals surface area contributed by atoms with E-state index in [0.29, 0.717) is 17.2 Å². The lowest BCUT2D eigenvalue weighted by molar-refractivity contribution is 0.615. The van der Waals surface area contributed by atoms with Crippen LogP contribution in [0.15, 0.2) is 64.2 Å². The summed E-state index contributed by atoms with van der Waals surface area (Å²) in [5, 5.41) is 16.2. The van der Waals surface area contributed by atoms with E-state index in [1.54, 1.807) is 28.9 Å². The van der Waals surface area contributed by atoms with Gasteiger partial charge in [0, 0.05) is 11.4 Å². The Bertz CT molecular complexity index is 1370. The third-order valence-electron chi connectivity index (χ3n) is 4.57. The number of furan rings is 1. The van der Waals surface area contributed by atoms with Crippen LogP contribution in [-0.2, 0) is 0 Å². The summed E-state index contributed by atoms with van der Waals surface area (Å²) in [6, 6.07) is 13.9. The first-order valence-corrected chi connectivity index (χ1v) is 10.5. The molecule has 2 N–H and O–H groups in total. The summed E-state index contributed by atoms with van der Waals surface area (Å²) in [7, 11) is 0. The highest BCUT2D eigenvalue weighted by molar-refractivity contribution is 7.17. The zero-order valence-electron chi connectivity index (χ0n) is 14.8. The van der Waals surface area contributed by atoms with Crippen molar-refractivity contribution in [2.24, 2.45) is 0 Å². The van der Waals surface area contributed by atoms with Gasteiger partial charge in [0.25, 0.3) is 0 Å². The van der Waals surface area contributed by atoms with Crippen LogP contribution in [0.4, 0.5) is 23.0 Å². The first kappa shape index (κ1) is 16.4. The molecule has 0 bridgehead atoms. The quantitative estimate of drug-likeness (QED) is 0.368. The fraction of sp³-hybridized carbons (Fsp3) is 0. The van der Waals surface area contributed by atoms with Crippen LogP contribution in [-0.4, -0.2) is 20.2 Å². The molecule has 0 aliphatic rings. The first-order valence-electron chi connectivity index (χ1n) is 8.78. The molecule has 140 valence electrons. The molecule has 0 saturated heterocycles. The summed E-state index contributed by atoms with van der Waals surface area (Å²) in [5.41, 5.74) is 8.12. The summed E-state index contributed by atoms with van der Waals surface area (Å²) >= 11 is 3.20. The Morgan fingerprint density at radius 3 is 2.03 bits per heavy atom. The van der Waals surface area contributed by atoms with Gasteiger partial charge in [-0.3, -0.25) is 0 Å². The smallest absolute Gasteiger partial charge is 0.197 e. The number of rotatable bonds is 4. The molecule has 0 radical (unpaired) electrons. The van der Waals surface area contributed by atoms with E-state index in [-0.39, 0.29) is 0 Å². The molecule has 0 spiro atoms. The van der Waals surface area contributed by atoms with Gasteiger partial charge in [-0.05, 0) is 42.5 Å². The number of nitrogens with zero attached hydrogens (tertiary/aromatic N) is 4. The molecule has 0 amide bonds. The SMILES string of the molecule is c1cc2c(Nc3ccc4ncsc4c3)nnc(Nc3ccc4ncsc4c3)c2o1. The van der Waals surface area contributed by atoms with Crippen LogP contribution in [0.1, 0.15) is 0 Å². The van der Waals surface area contributed by atoms with Crippen molar-refractivity contribution in [3.63, 3.8) is 0 Å². The fourth-order valence-electron chi connectivity index (χ4n) is 3.19. The van der Waals surface area contributed by atoms with E-state index in [4.69, 9.17) is 4.42 Å². The minimum Gasteiger partial charge on any atom is -0.460 e. The number of nitrogens with one attached hydrogen (secondary N) is 2. The predicted molar refractivity (Wildman–Crippen MR) is 118 cm³/mol. The second-order valence-electron chi connectivity index (χ2n) is 6.38. The summed E-state index contributed by atoms with van der Waals surface area (Å²) in [5.74, 6) is 1.21.